The normalized spacial score (nSPS) is 19.3. The first-order valence-corrected chi connectivity index (χ1v) is 7.24. The number of halogens is 3. The van der Waals surface area contributed by atoms with Crippen molar-refractivity contribution in [2.75, 3.05) is 11.4 Å². The largest absolute Gasteiger partial charge is 0.393 e. The lowest BCUT2D eigenvalue weighted by Gasteiger charge is -2.30. The molecule has 0 spiro atoms. The molecule has 21 heavy (non-hydrogen) atoms. The van der Waals surface area contributed by atoms with E-state index in [9.17, 15) is 13.2 Å². The van der Waals surface area contributed by atoms with Crippen LogP contribution in [0.1, 0.15) is 25.3 Å². The fraction of sp³-hybridized carbons (Fsp3) is 0.412. The highest BCUT2D eigenvalue weighted by atomic mass is 19.4. The molecule has 0 bridgehead atoms. The molecule has 0 saturated heterocycles. The predicted molar refractivity (Wildman–Crippen MR) is 78.1 cm³/mol. The van der Waals surface area contributed by atoms with E-state index in [1.54, 1.807) is 24.3 Å². The number of hydrogen-bond acceptors (Lipinski definition) is 1. The zero-order valence-corrected chi connectivity index (χ0v) is 12.0. The minimum atomic E-state index is -4.15. The number of benzene rings is 1. The molecular weight excluding hydrogens is 275 g/mol. The lowest BCUT2D eigenvalue weighted by atomic mass is 10.1. The van der Waals surface area contributed by atoms with Crippen molar-refractivity contribution < 1.29 is 13.2 Å². The van der Waals surface area contributed by atoms with Crippen LogP contribution in [-0.2, 0) is 6.42 Å². The summed E-state index contributed by atoms with van der Waals surface area (Å²) in [5.74, 6) is 0.614. The molecule has 4 heteroatoms. The Morgan fingerprint density at radius 3 is 2.38 bits per heavy atom. The van der Waals surface area contributed by atoms with Gasteiger partial charge in [0.15, 0.2) is 0 Å². The number of hydrogen-bond donors (Lipinski definition) is 0. The Morgan fingerprint density at radius 2 is 1.81 bits per heavy atom. The van der Waals surface area contributed by atoms with Crippen LogP contribution in [0, 0.1) is 5.92 Å². The molecule has 1 fully saturated rings. The quantitative estimate of drug-likeness (QED) is 0.770. The van der Waals surface area contributed by atoms with Gasteiger partial charge in [0.2, 0.25) is 0 Å². The minimum absolute atomic E-state index is 0.312. The maximum Gasteiger partial charge on any atom is 0.393 e. The molecule has 1 aromatic carbocycles. The van der Waals surface area contributed by atoms with Crippen LogP contribution in [0.15, 0.2) is 47.7 Å². The topological polar surface area (TPSA) is 3.24 Å². The second-order valence-corrected chi connectivity index (χ2v) is 5.86. The number of rotatable bonds is 3. The lowest BCUT2D eigenvalue weighted by molar-refractivity contribution is -0.127. The van der Waals surface area contributed by atoms with Gasteiger partial charge in [-0.15, -0.1) is 0 Å². The maximum atomic E-state index is 12.4. The van der Waals surface area contributed by atoms with Gasteiger partial charge in [-0.05, 0) is 49.5 Å². The van der Waals surface area contributed by atoms with E-state index >= 15 is 0 Å². The molecule has 1 nitrogen and oxygen atoms in total. The van der Waals surface area contributed by atoms with Gasteiger partial charge in [0.05, 0.1) is 6.42 Å². The summed E-state index contributed by atoms with van der Waals surface area (Å²) < 4.78 is 37.2. The molecule has 1 aliphatic carbocycles. The van der Waals surface area contributed by atoms with Crippen LogP contribution in [-0.4, -0.2) is 12.7 Å². The molecule has 1 saturated carbocycles. The number of nitrogens with zero attached hydrogens (tertiary/aromatic N) is 1. The predicted octanol–water partition coefficient (Wildman–Crippen LogP) is 4.85. The Hall–Kier alpha value is -1.71. The Kier molecular flexibility index (Phi) is 3.56. The van der Waals surface area contributed by atoms with E-state index in [4.69, 9.17) is 0 Å². The molecule has 0 amide bonds. The molecule has 112 valence electrons. The second-order valence-electron chi connectivity index (χ2n) is 5.86. The summed E-state index contributed by atoms with van der Waals surface area (Å²) in [6.07, 6.45) is 1.76. The van der Waals surface area contributed by atoms with Crippen molar-refractivity contribution in [1.29, 1.82) is 0 Å². The Labute approximate surface area is 122 Å². The fourth-order valence-corrected chi connectivity index (χ4v) is 2.71. The number of anilines is 1. The van der Waals surface area contributed by atoms with Crippen LogP contribution in [0.2, 0.25) is 0 Å². The first-order chi connectivity index (χ1) is 9.92. The Bertz CT molecular complexity index is 577. The van der Waals surface area contributed by atoms with Crippen LogP contribution in [0.25, 0.3) is 0 Å². The van der Waals surface area contributed by atoms with E-state index < -0.39 is 12.6 Å². The van der Waals surface area contributed by atoms with Crippen molar-refractivity contribution in [2.24, 2.45) is 5.92 Å². The molecule has 0 radical (unpaired) electrons. The van der Waals surface area contributed by atoms with Crippen LogP contribution in [0.5, 0.6) is 0 Å². The number of allylic oxidation sites excluding steroid dienone is 3. The van der Waals surface area contributed by atoms with Gasteiger partial charge < -0.3 is 4.90 Å². The van der Waals surface area contributed by atoms with E-state index in [1.807, 2.05) is 0 Å². The van der Waals surface area contributed by atoms with Gasteiger partial charge in [-0.3, -0.25) is 0 Å². The fourth-order valence-electron chi connectivity index (χ4n) is 2.71. The maximum absolute atomic E-state index is 12.4. The standard InChI is InChI=1S/C17H18F3N/c1-12-8-9-21(16(10-12)14-4-5-14)15-6-2-13(3-7-15)11-17(18,19)20/h2-3,6-8,10,14H,4-5,9,11H2,1H3. The van der Waals surface area contributed by atoms with Crippen molar-refractivity contribution in [2.45, 2.75) is 32.4 Å². The van der Waals surface area contributed by atoms with Gasteiger partial charge in [0.1, 0.15) is 0 Å². The van der Waals surface area contributed by atoms with Crippen molar-refractivity contribution >= 4 is 5.69 Å². The third-order valence-electron chi connectivity index (χ3n) is 3.93. The molecule has 0 unspecified atom stereocenters. The molecule has 1 aliphatic heterocycles. The molecule has 0 atom stereocenters. The third-order valence-corrected chi connectivity index (χ3v) is 3.93. The summed E-state index contributed by atoms with van der Waals surface area (Å²) in [7, 11) is 0. The summed E-state index contributed by atoms with van der Waals surface area (Å²) in [6.45, 7) is 2.89. The summed E-state index contributed by atoms with van der Waals surface area (Å²) in [5.41, 5.74) is 3.86. The summed E-state index contributed by atoms with van der Waals surface area (Å²) in [4.78, 5) is 2.21. The van der Waals surface area contributed by atoms with Crippen LogP contribution in [0.4, 0.5) is 18.9 Å². The Morgan fingerprint density at radius 1 is 1.14 bits per heavy atom. The van der Waals surface area contributed by atoms with Gasteiger partial charge >= 0.3 is 6.18 Å². The molecule has 2 aliphatic rings. The highest BCUT2D eigenvalue weighted by Gasteiger charge is 2.31. The van der Waals surface area contributed by atoms with Crippen molar-refractivity contribution in [3.8, 4) is 0 Å². The summed E-state index contributed by atoms with van der Waals surface area (Å²) in [5, 5.41) is 0. The third kappa shape index (κ3) is 3.49. The van der Waals surface area contributed by atoms with Gasteiger partial charge in [0.25, 0.3) is 0 Å². The molecule has 0 aromatic heterocycles. The SMILES string of the molecule is CC1=CCN(c2ccc(CC(F)(F)F)cc2)C(C2CC2)=C1. The highest BCUT2D eigenvalue weighted by molar-refractivity contribution is 5.57. The smallest absolute Gasteiger partial charge is 0.341 e. The second kappa shape index (κ2) is 5.24. The molecule has 1 aromatic rings. The summed E-state index contributed by atoms with van der Waals surface area (Å²) in [6, 6.07) is 6.76. The average Bonchev–Trinajstić information content (AvgIpc) is 3.22. The average molecular weight is 293 g/mol. The van der Waals surface area contributed by atoms with Gasteiger partial charge in [-0.2, -0.15) is 13.2 Å². The van der Waals surface area contributed by atoms with Crippen LogP contribution >= 0.6 is 0 Å². The van der Waals surface area contributed by atoms with Crippen molar-refractivity contribution in [3.05, 3.63) is 53.3 Å². The van der Waals surface area contributed by atoms with E-state index in [-0.39, 0.29) is 0 Å². The van der Waals surface area contributed by atoms with E-state index in [2.05, 4.69) is 24.0 Å². The van der Waals surface area contributed by atoms with E-state index in [1.165, 1.54) is 24.1 Å². The van der Waals surface area contributed by atoms with E-state index in [0.29, 0.717) is 11.5 Å². The molecule has 3 rings (SSSR count). The van der Waals surface area contributed by atoms with Crippen LogP contribution in [0.3, 0.4) is 0 Å². The minimum Gasteiger partial charge on any atom is -0.341 e. The zero-order valence-electron chi connectivity index (χ0n) is 12.0. The van der Waals surface area contributed by atoms with Crippen molar-refractivity contribution in [3.63, 3.8) is 0 Å². The molecular formula is C17H18F3N. The molecule has 1 heterocycles. The molecule has 0 N–H and O–H groups in total. The van der Waals surface area contributed by atoms with Crippen LogP contribution < -0.4 is 4.90 Å². The van der Waals surface area contributed by atoms with Crippen molar-refractivity contribution in [1.82, 2.24) is 0 Å². The monoisotopic (exact) mass is 293 g/mol. The van der Waals surface area contributed by atoms with Gasteiger partial charge in [-0.25, -0.2) is 0 Å². The summed E-state index contributed by atoms with van der Waals surface area (Å²) >= 11 is 0. The van der Waals surface area contributed by atoms with Gasteiger partial charge in [-0.1, -0.05) is 23.8 Å². The van der Waals surface area contributed by atoms with Gasteiger partial charge in [0, 0.05) is 17.9 Å². The lowest BCUT2D eigenvalue weighted by Crippen LogP contribution is -2.26. The number of alkyl halides is 3. The first kappa shape index (κ1) is 14.2. The Balaban J connectivity index is 1.79. The highest BCUT2D eigenvalue weighted by Crippen LogP contribution is 2.41. The zero-order chi connectivity index (χ0) is 15.0. The first-order valence-electron chi connectivity index (χ1n) is 7.24. The van der Waals surface area contributed by atoms with E-state index in [0.717, 1.165) is 12.2 Å².